The van der Waals surface area contributed by atoms with Crippen LogP contribution in [-0.4, -0.2) is 14.8 Å². The van der Waals surface area contributed by atoms with Crippen LogP contribution in [0.1, 0.15) is 30.1 Å². The Morgan fingerprint density at radius 1 is 1.32 bits per heavy atom. The van der Waals surface area contributed by atoms with Crippen molar-refractivity contribution in [2.75, 3.05) is 5.32 Å². The van der Waals surface area contributed by atoms with Gasteiger partial charge in [-0.2, -0.15) is 5.26 Å². The van der Waals surface area contributed by atoms with Crippen molar-refractivity contribution in [3.05, 3.63) is 41.5 Å². The molecule has 0 fully saturated rings. The minimum Gasteiger partial charge on any atom is -0.378 e. The molecule has 5 heteroatoms. The second-order valence-corrected chi connectivity index (χ2v) is 4.69. The predicted octanol–water partition coefficient (Wildman–Crippen LogP) is 2.10. The fourth-order valence-corrected chi connectivity index (χ4v) is 2.38. The molecule has 0 aliphatic carbocycles. The van der Waals surface area contributed by atoms with Crippen LogP contribution in [0, 0.1) is 11.3 Å². The monoisotopic (exact) mass is 253 g/mol. The average Bonchev–Trinajstić information content (AvgIpc) is 2.89. The lowest BCUT2D eigenvalue weighted by Crippen LogP contribution is -2.15. The van der Waals surface area contributed by atoms with Gasteiger partial charge < -0.3 is 9.88 Å². The van der Waals surface area contributed by atoms with Crippen molar-refractivity contribution in [1.29, 1.82) is 5.26 Å². The lowest BCUT2D eigenvalue weighted by molar-refractivity contribution is 0.510. The predicted molar refractivity (Wildman–Crippen MR) is 71.4 cm³/mol. The molecule has 2 heterocycles. The van der Waals surface area contributed by atoms with Gasteiger partial charge >= 0.3 is 0 Å². The maximum atomic E-state index is 8.87. The molecule has 3 rings (SSSR count). The van der Waals surface area contributed by atoms with E-state index in [2.05, 4.69) is 26.2 Å². The van der Waals surface area contributed by atoms with Gasteiger partial charge in [0, 0.05) is 18.7 Å². The molecule has 0 amide bonds. The van der Waals surface area contributed by atoms with Crippen molar-refractivity contribution in [2.24, 2.45) is 0 Å². The Hall–Kier alpha value is -2.35. The van der Waals surface area contributed by atoms with Crippen molar-refractivity contribution in [3.63, 3.8) is 0 Å². The zero-order valence-corrected chi connectivity index (χ0v) is 10.6. The van der Waals surface area contributed by atoms with Crippen LogP contribution in [0.15, 0.2) is 24.3 Å². The highest BCUT2D eigenvalue weighted by Gasteiger charge is 2.15. The topological polar surface area (TPSA) is 66.5 Å². The number of aromatic nitrogens is 3. The van der Waals surface area contributed by atoms with E-state index in [0.29, 0.717) is 12.1 Å². The number of nitrogens with one attached hydrogen (secondary N) is 1. The van der Waals surface area contributed by atoms with Crippen molar-refractivity contribution in [3.8, 4) is 6.07 Å². The third-order valence-corrected chi connectivity index (χ3v) is 3.38. The minimum atomic E-state index is 0.641. The molecular formula is C14H15N5. The summed E-state index contributed by atoms with van der Waals surface area (Å²) < 4.78 is 2.20. The fraction of sp³-hybridized carbons (Fsp3) is 0.357. The van der Waals surface area contributed by atoms with Gasteiger partial charge in [-0.3, -0.25) is 0 Å². The van der Waals surface area contributed by atoms with E-state index in [9.17, 15) is 0 Å². The van der Waals surface area contributed by atoms with Crippen LogP contribution in [-0.2, 0) is 19.5 Å². The van der Waals surface area contributed by atoms with Gasteiger partial charge in [0.15, 0.2) is 5.82 Å². The molecule has 19 heavy (non-hydrogen) atoms. The second kappa shape index (κ2) is 5.11. The smallest absolute Gasteiger partial charge is 0.152 e. The quantitative estimate of drug-likeness (QED) is 0.909. The lowest BCUT2D eigenvalue weighted by Gasteiger charge is -2.15. The van der Waals surface area contributed by atoms with Gasteiger partial charge in [-0.05, 0) is 31.0 Å². The van der Waals surface area contributed by atoms with Crippen LogP contribution in [0.4, 0.5) is 5.69 Å². The summed E-state index contributed by atoms with van der Waals surface area (Å²) in [6, 6.07) is 9.60. The third kappa shape index (κ3) is 2.43. The van der Waals surface area contributed by atoms with E-state index in [1.165, 1.54) is 12.8 Å². The molecule has 1 N–H and O–H groups in total. The van der Waals surface area contributed by atoms with E-state index in [4.69, 9.17) is 5.26 Å². The molecule has 0 spiro atoms. The van der Waals surface area contributed by atoms with Crippen LogP contribution in [0.25, 0.3) is 0 Å². The van der Waals surface area contributed by atoms with Gasteiger partial charge in [-0.15, -0.1) is 10.2 Å². The Morgan fingerprint density at radius 3 is 3.16 bits per heavy atom. The standard InChI is InChI=1S/C14H15N5/c15-9-11-4-3-5-12(8-11)16-10-14-18-17-13-6-1-2-7-19(13)14/h3-5,8,16H,1-2,6-7,10H2. The van der Waals surface area contributed by atoms with Gasteiger partial charge in [0.2, 0.25) is 0 Å². The largest absolute Gasteiger partial charge is 0.378 e. The van der Waals surface area contributed by atoms with Crippen molar-refractivity contribution in [1.82, 2.24) is 14.8 Å². The molecule has 2 aromatic rings. The first-order chi connectivity index (χ1) is 9.36. The van der Waals surface area contributed by atoms with Crippen LogP contribution >= 0.6 is 0 Å². The maximum Gasteiger partial charge on any atom is 0.152 e. The first kappa shape index (κ1) is 11.7. The molecule has 1 aromatic carbocycles. The van der Waals surface area contributed by atoms with E-state index in [-0.39, 0.29) is 0 Å². The normalized spacial score (nSPS) is 13.6. The summed E-state index contributed by atoms with van der Waals surface area (Å²) in [7, 11) is 0. The van der Waals surface area contributed by atoms with Gasteiger partial charge in [0.05, 0.1) is 18.2 Å². The van der Waals surface area contributed by atoms with Gasteiger partial charge in [-0.25, -0.2) is 0 Å². The summed E-state index contributed by atoms with van der Waals surface area (Å²) in [5.74, 6) is 2.06. The Kier molecular flexibility index (Phi) is 3.15. The number of hydrogen-bond donors (Lipinski definition) is 1. The average molecular weight is 253 g/mol. The Balaban J connectivity index is 1.72. The van der Waals surface area contributed by atoms with Crippen molar-refractivity contribution >= 4 is 5.69 Å². The number of fused-ring (bicyclic) bond motifs is 1. The van der Waals surface area contributed by atoms with Gasteiger partial charge in [-0.1, -0.05) is 6.07 Å². The Morgan fingerprint density at radius 2 is 2.26 bits per heavy atom. The van der Waals surface area contributed by atoms with E-state index in [0.717, 1.165) is 30.3 Å². The molecule has 5 nitrogen and oxygen atoms in total. The first-order valence-electron chi connectivity index (χ1n) is 6.52. The minimum absolute atomic E-state index is 0.641. The zero-order chi connectivity index (χ0) is 13.1. The highest BCUT2D eigenvalue weighted by atomic mass is 15.3. The highest BCUT2D eigenvalue weighted by Crippen LogP contribution is 2.16. The van der Waals surface area contributed by atoms with E-state index in [1.807, 2.05) is 18.2 Å². The maximum absolute atomic E-state index is 8.87. The zero-order valence-electron chi connectivity index (χ0n) is 10.6. The summed E-state index contributed by atoms with van der Waals surface area (Å²) in [5.41, 5.74) is 1.60. The SMILES string of the molecule is N#Cc1cccc(NCc2nnc3n2CCCC3)c1. The molecule has 96 valence electrons. The molecule has 1 aliphatic rings. The van der Waals surface area contributed by atoms with Crippen LogP contribution in [0.5, 0.6) is 0 Å². The highest BCUT2D eigenvalue weighted by molar-refractivity contribution is 5.49. The van der Waals surface area contributed by atoms with Crippen molar-refractivity contribution in [2.45, 2.75) is 32.4 Å². The van der Waals surface area contributed by atoms with Gasteiger partial charge in [0.25, 0.3) is 0 Å². The number of aryl methyl sites for hydroxylation is 1. The number of nitriles is 1. The number of hydrogen-bond acceptors (Lipinski definition) is 4. The summed E-state index contributed by atoms with van der Waals surface area (Å²) in [6.45, 7) is 1.65. The molecule has 0 bridgehead atoms. The number of nitrogens with zero attached hydrogens (tertiary/aromatic N) is 4. The summed E-state index contributed by atoms with van der Waals surface area (Å²) in [4.78, 5) is 0. The summed E-state index contributed by atoms with van der Waals surface area (Å²) >= 11 is 0. The second-order valence-electron chi connectivity index (χ2n) is 4.69. The number of anilines is 1. The van der Waals surface area contributed by atoms with E-state index in [1.54, 1.807) is 6.07 Å². The molecule has 0 saturated carbocycles. The van der Waals surface area contributed by atoms with Gasteiger partial charge in [0.1, 0.15) is 5.82 Å². The Bertz CT molecular complexity index is 623. The number of benzene rings is 1. The summed E-state index contributed by atoms with van der Waals surface area (Å²) in [6.07, 6.45) is 3.43. The number of rotatable bonds is 3. The lowest BCUT2D eigenvalue weighted by atomic mass is 10.1. The molecule has 0 saturated heterocycles. The Labute approximate surface area is 111 Å². The molecule has 0 unspecified atom stereocenters. The van der Waals surface area contributed by atoms with Crippen LogP contribution in [0.3, 0.4) is 0 Å². The molecule has 1 aliphatic heterocycles. The van der Waals surface area contributed by atoms with E-state index >= 15 is 0 Å². The fourth-order valence-electron chi connectivity index (χ4n) is 2.38. The molecule has 0 atom stereocenters. The van der Waals surface area contributed by atoms with E-state index < -0.39 is 0 Å². The molecule has 0 radical (unpaired) electrons. The molecule has 1 aromatic heterocycles. The summed E-state index contributed by atoms with van der Waals surface area (Å²) in [5, 5.41) is 20.6. The third-order valence-electron chi connectivity index (χ3n) is 3.38. The van der Waals surface area contributed by atoms with Crippen molar-refractivity contribution < 1.29 is 0 Å². The first-order valence-corrected chi connectivity index (χ1v) is 6.52. The van der Waals surface area contributed by atoms with Crippen LogP contribution < -0.4 is 5.32 Å². The molecular weight excluding hydrogens is 238 g/mol. The van der Waals surface area contributed by atoms with Crippen LogP contribution in [0.2, 0.25) is 0 Å².